The Kier molecular flexibility index (Phi) is 7.36. The van der Waals surface area contributed by atoms with E-state index < -0.39 is 0 Å². The zero-order chi connectivity index (χ0) is 17.2. The van der Waals surface area contributed by atoms with Gasteiger partial charge in [0.15, 0.2) is 0 Å². The molecule has 0 bridgehead atoms. The van der Waals surface area contributed by atoms with Crippen LogP contribution >= 0.6 is 0 Å². The van der Waals surface area contributed by atoms with Gasteiger partial charge in [-0.15, -0.1) is 0 Å². The average molecular weight is 324 g/mol. The van der Waals surface area contributed by atoms with E-state index in [-0.39, 0.29) is 0 Å². The Morgan fingerprint density at radius 3 is 2.58 bits per heavy atom. The molecule has 0 amide bonds. The highest BCUT2D eigenvalue weighted by Crippen LogP contribution is 2.19. The van der Waals surface area contributed by atoms with Crippen molar-refractivity contribution >= 4 is 12.4 Å². The number of carbonyl (C=O) groups excluding carboxylic acids is 1. The van der Waals surface area contributed by atoms with Gasteiger partial charge in [0.05, 0.1) is 0 Å². The van der Waals surface area contributed by atoms with Crippen LogP contribution in [0.15, 0.2) is 54.6 Å². The number of nitrogens with one attached hydrogen (secondary N) is 1. The van der Waals surface area contributed by atoms with Crippen LogP contribution in [-0.4, -0.2) is 36.5 Å². The molecule has 0 saturated heterocycles. The first-order chi connectivity index (χ1) is 11.8. The van der Waals surface area contributed by atoms with Crippen LogP contribution in [0.2, 0.25) is 0 Å². The maximum absolute atomic E-state index is 10.8. The topological polar surface area (TPSA) is 52.6 Å². The molecule has 3 rings (SSSR count). The van der Waals surface area contributed by atoms with Crippen molar-refractivity contribution in [3.8, 4) is 0 Å². The second kappa shape index (κ2) is 9.78. The largest absolute Gasteiger partial charge is 0.317 e. The van der Waals surface area contributed by atoms with E-state index in [9.17, 15) is 4.79 Å². The van der Waals surface area contributed by atoms with Crippen LogP contribution in [0.3, 0.4) is 0 Å². The Morgan fingerprint density at radius 2 is 1.88 bits per heavy atom. The minimum absolute atomic E-state index is 0.783. The molecule has 1 aliphatic rings. The van der Waals surface area contributed by atoms with E-state index in [1.165, 1.54) is 23.7 Å². The van der Waals surface area contributed by atoms with Crippen LogP contribution in [0, 0.1) is 0 Å². The Morgan fingerprint density at radius 1 is 1.12 bits per heavy atom. The summed E-state index contributed by atoms with van der Waals surface area (Å²) < 4.78 is 0. The van der Waals surface area contributed by atoms with Crippen molar-refractivity contribution in [2.75, 3.05) is 20.1 Å². The second-order valence-corrected chi connectivity index (χ2v) is 5.67. The van der Waals surface area contributed by atoms with Gasteiger partial charge >= 0.3 is 0 Å². The number of hydrogen-bond donors (Lipinski definition) is 2. The van der Waals surface area contributed by atoms with Gasteiger partial charge in [-0.3, -0.25) is 9.69 Å². The summed E-state index contributed by atoms with van der Waals surface area (Å²) in [6, 6.07) is 16.4. The molecule has 0 aromatic heterocycles. The van der Waals surface area contributed by atoms with E-state index in [4.69, 9.17) is 5.21 Å². The van der Waals surface area contributed by atoms with E-state index in [0.717, 1.165) is 37.9 Å². The summed E-state index contributed by atoms with van der Waals surface area (Å²) in [6.45, 7) is 2.98. The molecular weight excluding hydrogens is 300 g/mol. The molecular formula is C20H24N2O2. The lowest BCUT2D eigenvalue weighted by Gasteiger charge is -2.27. The van der Waals surface area contributed by atoms with Crippen LogP contribution < -0.4 is 5.48 Å². The van der Waals surface area contributed by atoms with Gasteiger partial charge in [-0.1, -0.05) is 54.6 Å². The molecule has 0 saturated carbocycles. The molecule has 0 atom stereocenters. The quantitative estimate of drug-likeness (QED) is 0.670. The molecule has 0 fully saturated rings. The van der Waals surface area contributed by atoms with Crippen molar-refractivity contribution in [3.63, 3.8) is 0 Å². The van der Waals surface area contributed by atoms with Gasteiger partial charge in [0, 0.05) is 32.2 Å². The van der Waals surface area contributed by atoms with Gasteiger partial charge in [0.1, 0.15) is 6.29 Å². The molecule has 0 radical (unpaired) electrons. The lowest BCUT2D eigenvalue weighted by atomic mass is 9.97. The minimum atomic E-state index is 0.783. The summed E-state index contributed by atoms with van der Waals surface area (Å²) in [7, 11) is 1.43. The Bertz CT molecular complexity index is 669. The van der Waals surface area contributed by atoms with E-state index in [0.29, 0.717) is 0 Å². The van der Waals surface area contributed by atoms with Crippen molar-refractivity contribution in [1.82, 2.24) is 10.4 Å². The number of nitrogens with zero attached hydrogens (tertiary/aromatic N) is 1. The summed E-state index contributed by atoms with van der Waals surface area (Å²) in [6.07, 6.45) is 6.34. The third-order valence-electron chi connectivity index (χ3n) is 3.93. The lowest BCUT2D eigenvalue weighted by molar-refractivity contribution is 0.112. The van der Waals surface area contributed by atoms with E-state index in [1.54, 1.807) is 5.48 Å². The van der Waals surface area contributed by atoms with Gasteiger partial charge in [-0.25, -0.2) is 5.48 Å². The van der Waals surface area contributed by atoms with Crippen LogP contribution in [0.1, 0.15) is 27.0 Å². The fourth-order valence-electron chi connectivity index (χ4n) is 2.76. The maximum Gasteiger partial charge on any atom is 0.150 e. The smallest absolute Gasteiger partial charge is 0.150 e. The van der Waals surface area contributed by atoms with Crippen LogP contribution in [-0.2, 0) is 13.0 Å². The minimum Gasteiger partial charge on any atom is -0.317 e. The summed E-state index contributed by atoms with van der Waals surface area (Å²) in [5, 5.41) is 7.32. The number of rotatable bonds is 4. The highest BCUT2D eigenvalue weighted by atomic mass is 16.5. The lowest BCUT2D eigenvalue weighted by Crippen LogP contribution is -2.30. The Balaban J connectivity index is 0.000000647. The van der Waals surface area contributed by atoms with Crippen molar-refractivity contribution in [2.24, 2.45) is 0 Å². The third-order valence-corrected chi connectivity index (χ3v) is 3.93. The van der Waals surface area contributed by atoms with E-state index >= 15 is 0 Å². The second-order valence-electron chi connectivity index (χ2n) is 5.67. The molecule has 4 heteroatoms. The standard InChI is InChI=1S/C19H19NO.CH5NO/c21-15-17-8-9-19-14-20(12-10-18(19)13-17)11-4-7-16-5-2-1-3-6-16;1-2-3/h1-9,13,15H,10-12,14H2;2-3H,1H3/b7-4+;. The molecule has 2 N–H and O–H groups in total. The van der Waals surface area contributed by atoms with Crippen molar-refractivity contribution in [3.05, 3.63) is 76.9 Å². The first kappa shape index (κ1) is 18.1. The van der Waals surface area contributed by atoms with Crippen LogP contribution in [0.4, 0.5) is 0 Å². The molecule has 126 valence electrons. The van der Waals surface area contributed by atoms with Crippen molar-refractivity contribution in [1.29, 1.82) is 0 Å². The molecule has 4 nitrogen and oxygen atoms in total. The monoisotopic (exact) mass is 324 g/mol. The number of hydrogen-bond acceptors (Lipinski definition) is 4. The number of aldehydes is 1. The highest BCUT2D eigenvalue weighted by Gasteiger charge is 2.15. The fourth-order valence-corrected chi connectivity index (χ4v) is 2.76. The molecule has 0 aliphatic carbocycles. The maximum atomic E-state index is 10.8. The summed E-state index contributed by atoms with van der Waals surface area (Å²) in [4.78, 5) is 13.2. The summed E-state index contributed by atoms with van der Waals surface area (Å²) in [5.74, 6) is 0. The SMILES string of the molecule is CNO.O=Cc1ccc2c(c1)CCN(C/C=C/c1ccccc1)C2. The predicted molar refractivity (Wildman–Crippen MR) is 97.1 cm³/mol. The van der Waals surface area contributed by atoms with Gasteiger partial charge in [0.25, 0.3) is 0 Å². The van der Waals surface area contributed by atoms with Crippen molar-refractivity contribution < 1.29 is 10.0 Å². The van der Waals surface area contributed by atoms with E-state index in [2.05, 4.69) is 47.4 Å². The van der Waals surface area contributed by atoms with E-state index in [1.807, 2.05) is 18.2 Å². The first-order valence-corrected chi connectivity index (χ1v) is 8.08. The molecule has 2 aromatic rings. The fraction of sp³-hybridized carbons (Fsp3) is 0.250. The van der Waals surface area contributed by atoms with Gasteiger partial charge in [0.2, 0.25) is 0 Å². The molecule has 24 heavy (non-hydrogen) atoms. The number of benzene rings is 2. The number of fused-ring (bicyclic) bond motifs is 1. The highest BCUT2D eigenvalue weighted by molar-refractivity contribution is 5.75. The normalized spacial score (nSPS) is 13.9. The summed E-state index contributed by atoms with van der Waals surface area (Å²) >= 11 is 0. The van der Waals surface area contributed by atoms with Crippen LogP contribution in [0.25, 0.3) is 6.08 Å². The Hall–Kier alpha value is -2.27. The van der Waals surface area contributed by atoms with Crippen molar-refractivity contribution in [2.45, 2.75) is 13.0 Å². The zero-order valence-electron chi connectivity index (χ0n) is 14.0. The number of hydroxylamine groups is 1. The molecule has 0 unspecified atom stereocenters. The molecule has 0 spiro atoms. The summed E-state index contributed by atoms with van der Waals surface area (Å²) in [5.41, 5.74) is 6.44. The molecule has 1 heterocycles. The molecule has 2 aromatic carbocycles. The first-order valence-electron chi connectivity index (χ1n) is 8.08. The number of carbonyl (C=O) groups is 1. The van der Waals surface area contributed by atoms with Gasteiger partial charge < -0.3 is 5.21 Å². The van der Waals surface area contributed by atoms with Gasteiger partial charge in [-0.05, 0) is 29.2 Å². The van der Waals surface area contributed by atoms with Gasteiger partial charge in [-0.2, -0.15) is 0 Å². The zero-order valence-corrected chi connectivity index (χ0v) is 14.0. The Labute approximate surface area is 143 Å². The third kappa shape index (κ3) is 5.42. The van der Waals surface area contributed by atoms with Crippen LogP contribution in [0.5, 0.6) is 0 Å². The average Bonchev–Trinajstić information content (AvgIpc) is 2.63. The predicted octanol–water partition coefficient (Wildman–Crippen LogP) is 3.17. The molecule has 1 aliphatic heterocycles.